The molecule has 2 aromatic rings. The van der Waals surface area contributed by atoms with Gasteiger partial charge < -0.3 is 20.3 Å². The lowest BCUT2D eigenvalue weighted by Crippen LogP contribution is -2.39. The summed E-state index contributed by atoms with van der Waals surface area (Å²) in [7, 11) is 0. The molecule has 0 spiro atoms. The average molecular weight is 588 g/mol. The summed E-state index contributed by atoms with van der Waals surface area (Å²) < 4.78 is 89.9. The van der Waals surface area contributed by atoms with Crippen LogP contribution in [0, 0.1) is 0 Å². The largest absolute Gasteiger partial charge is 0.418 e. The van der Waals surface area contributed by atoms with Gasteiger partial charge in [0.05, 0.1) is 24.3 Å². The van der Waals surface area contributed by atoms with E-state index < -0.39 is 45.9 Å². The third kappa shape index (κ3) is 7.72. The Morgan fingerprint density at radius 3 is 2.27 bits per heavy atom. The van der Waals surface area contributed by atoms with Gasteiger partial charge in [0.25, 0.3) is 0 Å². The van der Waals surface area contributed by atoms with Crippen molar-refractivity contribution in [3.8, 4) is 0 Å². The molecule has 40 heavy (non-hydrogen) atoms. The van der Waals surface area contributed by atoms with Gasteiger partial charge in [-0.25, -0.2) is 4.79 Å². The second-order valence-electron chi connectivity index (χ2n) is 9.38. The molecule has 2 aromatic carbocycles. The normalized spacial score (nSPS) is 16.9. The van der Waals surface area contributed by atoms with Crippen molar-refractivity contribution >= 4 is 35.5 Å². The van der Waals surface area contributed by atoms with E-state index in [0.717, 1.165) is 50.0 Å². The number of rotatable bonds is 6. The molecule has 2 N–H and O–H groups in total. The molecule has 0 bridgehead atoms. The van der Waals surface area contributed by atoms with Crippen molar-refractivity contribution in [1.82, 2.24) is 10.2 Å². The molecule has 216 valence electrons. The van der Waals surface area contributed by atoms with Crippen LogP contribution in [0.4, 0.5) is 36.8 Å². The number of amides is 3. The molecule has 1 saturated carbocycles. The summed E-state index contributed by atoms with van der Waals surface area (Å²) in [5, 5.41) is 5.45. The number of alkyl halides is 6. The van der Waals surface area contributed by atoms with Gasteiger partial charge >= 0.3 is 18.4 Å². The number of carbonyl (C=O) groups is 2. The Labute approximate surface area is 231 Å². The Hall–Kier alpha value is -3.19. The van der Waals surface area contributed by atoms with Gasteiger partial charge in [-0.05, 0) is 48.7 Å². The zero-order valence-electron chi connectivity index (χ0n) is 21.2. The molecule has 3 amide bonds. The first-order valence-electron chi connectivity index (χ1n) is 12.6. The SMILES string of the molecule is O=C(Nc1cccc(Sc2ccc(/C=C/C(=O)N3CCOCC3)c(C(F)(F)F)c2C(F)(F)F)c1)NC1CCCC1. The Kier molecular flexibility index (Phi) is 9.34. The lowest BCUT2D eigenvalue weighted by Gasteiger charge is -2.25. The number of nitrogens with one attached hydrogen (secondary N) is 2. The van der Waals surface area contributed by atoms with E-state index in [-0.39, 0.29) is 42.9 Å². The maximum Gasteiger partial charge on any atom is 0.418 e. The predicted octanol–water partition coefficient (Wildman–Crippen LogP) is 6.81. The van der Waals surface area contributed by atoms with E-state index in [1.165, 1.54) is 29.2 Å². The maximum atomic E-state index is 14.2. The quantitative estimate of drug-likeness (QED) is 0.288. The summed E-state index contributed by atoms with van der Waals surface area (Å²) >= 11 is 0.496. The monoisotopic (exact) mass is 587 g/mol. The molecule has 0 atom stereocenters. The summed E-state index contributed by atoms with van der Waals surface area (Å²) in [5.41, 5.74) is -4.21. The van der Waals surface area contributed by atoms with Crippen LogP contribution < -0.4 is 10.6 Å². The van der Waals surface area contributed by atoms with Crippen LogP contribution in [-0.4, -0.2) is 49.2 Å². The molecule has 0 unspecified atom stereocenters. The Morgan fingerprint density at radius 2 is 1.62 bits per heavy atom. The van der Waals surface area contributed by atoms with E-state index in [9.17, 15) is 35.9 Å². The molecule has 2 aliphatic rings. The fraction of sp³-hybridized carbons (Fsp3) is 0.407. The highest BCUT2D eigenvalue weighted by Gasteiger charge is 2.46. The van der Waals surface area contributed by atoms with Gasteiger partial charge in [-0.15, -0.1) is 0 Å². The number of hydrogen-bond acceptors (Lipinski definition) is 4. The van der Waals surface area contributed by atoms with E-state index in [1.807, 2.05) is 0 Å². The lowest BCUT2D eigenvalue weighted by molar-refractivity contribution is -0.163. The number of anilines is 1. The van der Waals surface area contributed by atoms with E-state index in [0.29, 0.717) is 11.8 Å². The van der Waals surface area contributed by atoms with Crippen LogP contribution in [0.2, 0.25) is 0 Å². The zero-order chi connectivity index (χ0) is 28.9. The number of benzene rings is 2. The molecule has 1 heterocycles. The molecule has 0 aromatic heterocycles. The van der Waals surface area contributed by atoms with Gasteiger partial charge in [0, 0.05) is 40.7 Å². The van der Waals surface area contributed by atoms with Crippen molar-refractivity contribution in [3.63, 3.8) is 0 Å². The van der Waals surface area contributed by atoms with E-state index >= 15 is 0 Å². The van der Waals surface area contributed by atoms with Gasteiger partial charge in [-0.3, -0.25) is 4.79 Å². The maximum absolute atomic E-state index is 14.2. The van der Waals surface area contributed by atoms with Crippen LogP contribution in [0.5, 0.6) is 0 Å². The van der Waals surface area contributed by atoms with Gasteiger partial charge in [-0.2, -0.15) is 26.3 Å². The number of nitrogens with zero attached hydrogens (tertiary/aromatic N) is 1. The third-order valence-electron chi connectivity index (χ3n) is 6.50. The number of urea groups is 1. The van der Waals surface area contributed by atoms with Crippen LogP contribution in [0.1, 0.15) is 42.4 Å². The van der Waals surface area contributed by atoms with Crippen molar-refractivity contribution in [2.24, 2.45) is 0 Å². The fourth-order valence-corrected chi connectivity index (χ4v) is 5.69. The zero-order valence-corrected chi connectivity index (χ0v) is 22.0. The van der Waals surface area contributed by atoms with Gasteiger partial charge in [0.2, 0.25) is 5.91 Å². The smallest absolute Gasteiger partial charge is 0.378 e. The van der Waals surface area contributed by atoms with Gasteiger partial charge in [-0.1, -0.05) is 36.7 Å². The number of carbonyl (C=O) groups excluding carboxylic acids is 2. The molecule has 2 fully saturated rings. The summed E-state index contributed by atoms with van der Waals surface area (Å²) in [4.78, 5) is 25.5. The molecule has 4 rings (SSSR count). The second kappa shape index (κ2) is 12.5. The first-order valence-corrected chi connectivity index (χ1v) is 13.4. The molecule has 1 aliphatic heterocycles. The Balaban J connectivity index is 1.61. The predicted molar refractivity (Wildman–Crippen MR) is 138 cm³/mol. The summed E-state index contributed by atoms with van der Waals surface area (Å²) in [5.74, 6) is -0.621. The molecule has 13 heteroatoms. The number of ether oxygens (including phenoxy) is 1. The minimum absolute atomic E-state index is 0.0458. The minimum atomic E-state index is -5.36. The molecule has 1 aliphatic carbocycles. The van der Waals surface area contributed by atoms with Gasteiger partial charge in [0.15, 0.2) is 0 Å². The van der Waals surface area contributed by atoms with Crippen molar-refractivity contribution in [2.75, 3.05) is 31.6 Å². The first-order chi connectivity index (χ1) is 18.9. The topological polar surface area (TPSA) is 70.7 Å². The van der Waals surface area contributed by atoms with Crippen LogP contribution in [0.15, 0.2) is 52.3 Å². The standard InChI is InChI=1S/C27H27F6N3O3S/c28-26(29,30)23-17(9-11-22(37)36-12-14-39-15-13-36)8-10-21(24(23)27(31,32)33)40-20-7-3-6-19(16-20)35-25(38)34-18-4-1-2-5-18/h3,6-11,16,18H,1-2,4-5,12-15H2,(H2,34,35,38)/b11-9+. The van der Waals surface area contributed by atoms with Crippen LogP contribution in [0.3, 0.4) is 0 Å². The van der Waals surface area contributed by atoms with E-state index in [2.05, 4.69) is 10.6 Å². The van der Waals surface area contributed by atoms with Crippen molar-refractivity contribution in [2.45, 2.75) is 53.9 Å². The van der Waals surface area contributed by atoms with Crippen LogP contribution in [0.25, 0.3) is 6.08 Å². The molecule has 6 nitrogen and oxygen atoms in total. The average Bonchev–Trinajstić information content (AvgIpc) is 3.40. The second-order valence-corrected chi connectivity index (χ2v) is 10.5. The summed E-state index contributed by atoms with van der Waals surface area (Å²) in [6, 6.07) is 7.29. The minimum Gasteiger partial charge on any atom is -0.378 e. The van der Waals surface area contributed by atoms with Crippen LogP contribution in [-0.2, 0) is 21.9 Å². The van der Waals surface area contributed by atoms with Gasteiger partial charge in [0.1, 0.15) is 0 Å². The summed E-state index contributed by atoms with van der Waals surface area (Å²) in [6.45, 7) is 0.989. The number of halogens is 6. The lowest BCUT2D eigenvalue weighted by atomic mass is 9.99. The molecule has 0 radical (unpaired) electrons. The van der Waals surface area contributed by atoms with E-state index in [4.69, 9.17) is 4.74 Å². The molecular formula is C27H27F6N3O3S. The fourth-order valence-electron chi connectivity index (χ4n) is 4.65. The van der Waals surface area contributed by atoms with Crippen molar-refractivity contribution in [3.05, 3.63) is 59.2 Å². The Bertz CT molecular complexity index is 1250. The molecule has 1 saturated heterocycles. The first kappa shape index (κ1) is 29.8. The number of morpholine rings is 1. The highest BCUT2D eigenvalue weighted by molar-refractivity contribution is 7.99. The summed E-state index contributed by atoms with van der Waals surface area (Å²) in [6.07, 6.45) is -5.36. The third-order valence-corrected chi connectivity index (χ3v) is 7.55. The highest BCUT2D eigenvalue weighted by atomic mass is 32.2. The highest BCUT2D eigenvalue weighted by Crippen LogP contribution is 2.48. The molecular weight excluding hydrogens is 560 g/mol. The number of hydrogen-bond donors (Lipinski definition) is 2. The Morgan fingerprint density at radius 1 is 0.950 bits per heavy atom. The van der Waals surface area contributed by atoms with E-state index in [1.54, 1.807) is 0 Å². The van der Waals surface area contributed by atoms with Crippen LogP contribution >= 0.6 is 11.8 Å². The van der Waals surface area contributed by atoms with Crippen molar-refractivity contribution in [1.29, 1.82) is 0 Å². The van der Waals surface area contributed by atoms with Crippen molar-refractivity contribution < 1.29 is 40.7 Å².